The van der Waals surface area contributed by atoms with Gasteiger partial charge < -0.3 is 14.8 Å². The summed E-state index contributed by atoms with van der Waals surface area (Å²) < 4.78 is 10.6. The Morgan fingerprint density at radius 1 is 0.885 bits per heavy atom. The maximum Gasteiger partial charge on any atom is 0.250 e. The van der Waals surface area contributed by atoms with E-state index >= 15 is 0 Å². The van der Waals surface area contributed by atoms with Crippen molar-refractivity contribution >= 4 is 11.6 Å². The van der Waals surface area contributed by atoms with Crippen LogP contribution in [0.5, 0.6) is 5.75 Å². The number of carbonyl (C=O) groups excluding carboxylic acids is 1. The second-order valence-electron chi connectivity index (χ2n) is 5.84. The van der Waals surface area contributed by atoms with Gasteiger partial charge in [0.05, 0.1) is 13.7 Å². The van der Waals surface area contributed by atoms with Crippen LogP contribution >= 0.6 is 0 Å². The van der Waals surface area contributed by atoms with Crippen molar-refractivity contribution in [3.63, 3.8) is 0 Å². The molecule has 132 valence electrons. The van der Waals surface area contributed by atoms with Gasteiger partial charge in [0, 0.05) is 5.69 Å². The lowest BCUT2D eigenvalue weighted by Crippen LogP contribution is -2.18. The van der Waals surface area contributed by atoms with Crippen LogP contribution in [0.15, 0.2) is 78.9 Å². The molecule has 3 aromatic carbocycles. The largest absolute Gasteiger partial charge is 0.497 e. The lowest BCUT2D eigenvalue weighted by Gasteiger charge is -2.08. The molecule has 4 heteroatoms. The van der Waals surface area contributed by atoms with E-state index in [9.17, 15) is 4.79 Å². The number of carbonyl (C=O) groups is 1. The molecule has 0 aliphatic carbocycles. The summed E-state index contributed by atoms with van der Waals surface area (Å²) >= 11 is 0. The lowest BCUT2D eigenvalue weighted by molar-refractivity contribution is -0.121. The fraction of sp³-hybridized carbons (Fsp3) is 0.136. The molecule has 0 aliphatic heterocycles. The minimum atomic E-state index is -0.180. The maximum absolute atomic E-state index is 12.0. The van der Waals surface area contributed by atoms with Crippen LogP contribution in [0, 0.1) is 0 Å². The minimum absolute atomic E-state index is 0.00233. The van der Waals surface area contributed by atoms with Crippen molar-refractivity contribution in [2.75, 3.05) is 19.0 Å². The molecule has 0 saturated heterocycles. The SMILES string of the molecule is COc1cccc(COCC(=O)Nc2ccc(-c3ccccc3)cc2)c1. The highest BCUT2D eigenvalue weighted by atomic mass is 16.5. The fourth-order valence-corrected chi connectivity index (χ4v) is 2.60. The topological polar surface area (TPSA) is 47.6 Å². The monoisotopic (exact) mass is 347 g/mol. The van der Waals surface area contributed by atoms with Crippen LogP contribution in [0.2, 0.25) is 0 Å². The Hall–Kier alpha value is -3.11. The Morgan fingerprint density at radius 2 is 1.62 bits per heavy atom. The number of amides is 1. The van der Waals surface area contributed by atoms with Crippen molar-refractivity contribution < 1.29 is 14.3 Å². The molecule has 0 unspecified atom stereocenters. The van der Waals surface area contributed by atoms with Gasteiger partial charge in [0.2, 0.25) is 5.91 Å². The van der Waals surface area contributed by atoms with Gasteiger partial charge in [0.1, 0.15) is 12.4 Å². The molecule has 0 atom stereocenters. The smallest absolute Gasteiger partial charge is 0.250 e. The highest BCUT2D eigenvalue weighted by molar-refractivity contribution is 5.91. The molecule has 0 aliphatic rings. The summed E-state index contributed by atoms with van der Waals surface area (Å²) in [6.45, 7) is 0.356. The van der Waals surface area contributed by atoms with E-state index in [1.54, 1.807) is 7.11 Å². The van der Waals surface area contributed by atoms with Gasteiger partial charge in [-0.2, -0.15) is 0 Å². The first-order chi connectivity index (χ1) is 12.7. The number of hydrogen-bond acceptors (Lipinski definition) is 3. The summed E-state index contributed by atoms with van der Waals surface area (Å²) in [5.74, 6) is 0.592. The van der Waals surface area contributed by atoms with Crippen LogP contribution in [0.3, 0.4) is 0 Å². The van der Waals surface area contributed by atoms with Crippen LogP contribution in [-0.2, 0) is 16.1 Å². The van der Waals surface area contributed by atoms with Crippen molar-refractivity contribution in [3.05, 3.63) is 84.4 Å². The Morgan fingerprint density at radius 3 is 2.35 bits per heavy atom. The van der Waals surface area contributed by atoms with Crippen LogP contribution in [0.4, 0.5) is 5.69 Å². The predicted molar refractivity (Wildman–Crippen MR) is 103 cm³/mol. The van der Waals surface area contributed by atoms with Crippen LogP contribution < -0.4 is 10.1 Å². The van der Waals surface area contributed by atoms with Gasteiger partial charge in [-0.05, 0) is 41.0 Å². The number of anilines is 1. The van der Waals surface area contributed by atoms with Crippen molar-refractivity contribution in [1.29, 1.82) is 0 Å². The van der Waals surface area contributed by atoms with Gasteiger partial charge in [-0.25, -0.2) is 0 Å². The minimum Gasteiger partial charge on any atom is -0.497 e. The number of nitrogens with one attached hydrogen (secondary N) is 1. The molecular weight excluding hydrogens is 326 g/mol. The average molecular weight is 347 g/mol. The molecular formula is C22H21NO3. The molecule has 0 aromatic heterocycles. The molecule has 0 bridgehead atoms. The highest BCUT2D eigenvalue weighted by Gasteiger charge is 2.04. The Labute approximate surface area is 153 Å². The fourth-order valence-electron chi connectivity index (χ4n) is 2.60. The van der Waals surface area contributed by atoms with Gasteiger partial charge in [0.25, 0.3) is 0 Å². The summed E-state index contributed by atoms with van der Waals surface area (Å²) in [6, 6.07) is 25.5. The molecule has 3 rings (SSSR count). The van der Waals surface area contributed by atoms with E-state index in [1.807, 2.05) is 66.7 Å². The molecule has 0 saturated carbocycles. The van der Waals surface area contributed by atoms with E-state index in [1.165, 1.54) is 0 Å². The van der Waals surface area contributed by atoms with E-state index in [0.29, 0.717) is 6.61 Å². The molecule has 1 N–H and O–H groups in total. The van der Waals surface area contributed by atoms with Crippen LogP contribution in [0.25, 0.3) is 11.1 Å². The van der Waals surface area contributed by atoms with E-state index in [4.69, 9.17) is 9.47 Å². The Bertz CT molecular complexity index is 845. The summed E-state index contributed by atoms with van der Waals surface area (Å²) in [6.07, 6.45) is 0. The number of methoxy groups -OCH3 is 1. The quantitative estimate of drug-likeness (QED) is 0.684. The highest BCUT2D eigenvalue weighted by Crippen LogP contribution is 2.21. The number of hydrogen-bond donors (Lipinski definition) is 1. The molecule has 3 aromatic rings. The van der Waals surface area contributed by atoms with Crippen molar-refractivity contribution in [3.8, 4) is 16.9 Å². The van der Waals surface area contributed by atoms with Crippen molar-refractivity contribution in [1.82, 2.24) is 0 Å². The third kappa shape index (κ3) is 4.94. The standard InChI is InChI=1S/C22H21NO3/c1-25-21-9-5-6-17(14-21)15-26-16-22(24)23-20-12-10-19(11-13-20)18-7-3-2-4-8-18/h2-14H,15-16H2,1H3,(H,23,24). The van der Waals surface area contributed by atoms with Crippen molar-refractivity contribution in [2.45, 2.75) is 6.61 Å². The molecule has 26 heavy (non-hydrogen) atoms. The van der Waals surface area contributed by atoms with Gasteiger partial charge >= 0.3 is 0 Å². The zero-order chi connectivity index (χ0) is 18.2. The van der Waals surface area contributed by atoms with Gasteiger partial charge in [-0.1, -0.05) is 54.6 Å². The van der Waals surface area contributed by atoms with Crippen molar-refractivity contribution in [2.24, 2.45) is 0 Å². The lowest BCUT2D eigenvalue weighted by atomic mass is 10.1. The van der Waals surface area contributed by atoms with Gasteiger partial charge in [-0.15, -0.1) is 0 Å². The van der Waals surface area contributed by atoms with Crippen LogP contribution in [0.1, 0.15) is 5.56 Å². The second kappa shape index (κ2) is 8.83. The Kier molecular flexibility index (Phi) is 6.01. The maximum atomic E-state index is 12.0. The average Bonchev–Trinajstić information content (AvgIpc) is 2.69. The molecule has 0 radical (unpaired) electrons. The molecule has 0 heterocycles. The molecule has 0 spiro atoms. The normalized spacial score (nSPS) is 10.3. The molecule has 4 nitrogen and oxygen atoms in total. The number of rotatable bonds is 7. The summed E-state index contributed by atoms with van der Waals surface area (Å²) in [7, 11) is 1.62. The van der Waals surface area contributed by atoms with E-state index in [0.717, 1.165) is 28.1 Å². The van der Waals surface area contributed by atoms with E-state index in [-0.39, 0.29) is 12.5 Å². The predicted octanol–water partition coefficient (Wildman–Crippen LogP) is 4.52. The zero-order valence-corrected chi connectivity index (χ0v) is 14.6. The summed E-state index contributed by atoms with van der Waals surface area (Å²) in [5.41, 5.74) is 3.97. The first kappa shape index (κ1) is 17.7. The molecule has 1 amide bonds. The number of ether oxygens (including phenoxy) is 2. The zero-order valence-electron chi connectivity index (χ0n) is 14.6. The van der Waals surface area contributed by atoms with E-state index in [2.05, 4.69) is 17.4 Å². The molecule has 0 fully saturated rings. The summed E-state index contributed by atoms with van der Waals surface area (Å²) in [4.78, 5) is 12.0. The second-order valence-corrected chi connectivity index (χ2v) is 5.84. The Balaban J connectivity index is 1.48. The first-order valence-electron chi connectivity index (χ1n) is 8.40. The third-order valence-electron chi connectivity index (χ3n) is 3.91. The third-order valence-corrected chi connectivity index (χ3v) is 3.91. The van der Waals surface area contributed by atoms with Gasteiger partial charge in [0.15, 0.2) is 0 Å². The first-order valence-corrected chi connectivity index (χ1v) is 8.40. The summed E-state index contributed by atoms with van der Waals surface area (Å²) in [5, 5.41) is 2.84. The van der Waals surface area contributed by atoms with Crippen LogP contribution in [-0.4, -0.2) is 19.6 Å². The van der Waals surface area contributed by atoms with Gasteiger partial charge in [-0.3, -0.25) is 4.79 Å². The number of benzene rings is 3. The van der Waals surface area contributed by atoms with E-state index < -0.39 is 0 Å².